The van der Waals surface area contributed by atoms with E-state index in [0.29, 0.717) is 31.2 Å². The van der Waals surface area contributed by atoms with Gasteiger partial charge in [0.15, 0.2) is 23.3 Å². The molecule has 0 bridgehead atoms. The first-order chi connectivity index (χ1) is 28.2. The van der Waals surface area contributed by atoms with Crippen molar-refractivity contribution in [1.82, 2.24) is 26.2 Å². The van der Waals surface area contributed by atoms with Gasteiger partial charge in [0, 0.05) is 13.0 Å². The number of hydrogen-bond donors (Lipinski definition) is 6. The van der Waals surface area contributed by atoms with E-state index < -0.39 is 130 Å². The van der Waals surface area contributed by atoms with Gasteiger partial charge in [0.25, 0.3) is 11.8 Å². The lowest BCUT2D eigenvalue weighted by Crippen LogP contribution is -2.58. The Morgan fingerprint density at radius 1 is 0.867 bits per heavy atom. The van der Waals surface area contributed by atoms with Gasteiger partial charge >= 0.3 is 5.97 Å². The van der Waals surface area contributed by atoms with Crippen molar-refractivity contribution >= 4 is 47.2 Å². The van der Waals surface area contributed by atoms with Crippen molar-refractivity contribution in [3.05, 3.63) is 70.3 Å². The molecular formula is C40H48F4N6O10. The van der Waals surface area contributed by atoms with Crippen molar-refractivity contribution in [3.63, 3.8) is 0 Å². The zero-order chi connectivity index (χ0) is 44.6. The number of nitrogens with one attached hydrogen (secondary N) is 4. The molecule has 5 unspecified atom stereocenters. The van der Waals surface area contributed by atoms with Gasteiger partial charge in [-0.1, -0.05) is 56.5 Å². The van der Waals surface area contributed by atoms with E-state index in [1.165, 1.54) is 6.92 Å². The normalized spacial score (nSPS) is 18.4. The molecule has 1 saturated heterocycles. The lowest BCUT2D eigenvalue weighted by molar-refractivity contribution is -0.143. The van der Waals surface area contributed by atoms with Crippen LogP contribution in [0.2, 0.25) is 0 Å². The van der Waals surface area contributed by atoms with Crippen LogP contribution < -0.4 is 27.0 Å². The maximum Gasteiger partial charge on any atom is 0.339 e. The first-order valence-corrected chi connectivity index (χ1v) is 19.3. The van der Waals surface area contributed by atoms with Crippen LogP contribution in [0.15, 0.2) is 30.3 Å². The number of carbonyl (C=O) groups excluding carboxylic acids is 7. The highest BCUT2D eigenvalue weighted by Crippen LogP contribution is 2.32. The first kappa shape index (κ1) is 46.8. The minimum atomic E-state index is -2.46. The Morgan fingerprint density at radius 2 is 1.47 bits per heavy atom. The smallest absolute Gasteiger partial charge is 0.339 e. The second-order valence-corrected chi connectivity index (χ2v) is 15.6. The Bertz CT molecular complexity index is 2010. The number of rotatable bonds is 16. The Labute approximate surface area is 342 Å². The number of benzene rings is 2. The Balaban J connectivity index is 1.56. The topological polar surface area (TPSA) is 243 Å². The standard InChI is InChI=1S/C40H48F4N6O10/c1-5-22(33(52)37(56)46-17-24(51)48-31(34(45)53)19-12-8-6-9-13-19)47-35(54)23-16-21(60-40(2,3)4)18-50(23)38(57)32(20-14-10-7-11-15-20)49-36(55)25-26(39(58)59)28(42)30(44)29(43)27(25)41/h6,8-9,12-13,20-23,31-32H,5,7,10-11,14-18H2,1-4H3,(H2,45,53)(H,46,56)(H,47,54)(H,48,51)(H,49,55)(H,58,59). The van der Waals surface area contributed by atoms with Gasteiger partial charge in [-0.3, -0.25) is 33.6 Å². The average molecular weight is 849 g/mol. The number of halogens is 4. The zero-order valence-corrected chi connectivity index (χ0v) is 33.4. The highest BCUT2D eigenvalue weighted by molar-refractivity contribution is 6.38. The molecule has 20 heteroatoms. The van der Waals surface area contributed by atoms with Crippen molar-refractivity contribution < 1.29 is 65.8 Å². The van der Waals surface area contributed by atoms with E-state index in [0.717, 1.165) is 11.3 Å². The van der Waals surface area contributed by atoms with Crippen LogP contribution in [0.3, 0.4) is 0 Å². The van der Waals surface area contributed by atoms with Crippen LogP contribution in [0.1, 0.15) is 105 Å². The summed E-state index contributed by atoms with van der Waals surface area (Å²) in [6, 6.07) is 2.28. The van der Waals surface area contributed by atoms with Crippen molar-refractivity contribution in [3.8, 4) is 0 Å². The molecule has 2 aliphatic rings. The molecule has 4 rings (SSSR count). The Morgan fingerprint density at radius 3 is 2.02 bits per heavy atom. The molecule has 6 amide bonds. The minimum Gasteiger partial charge on any atom is -0.478 e. The number of aromatic carboxylic acids is 1. The van der Waals surface area contributed by atoms with Gasteiger partial charge in [-0.2, -0.15) is 0 Å². The maximum atomic E-state index is 15.0. The molecule has 1 aliphatic carbocycles. The number of ketones is 1. The number of carboxylic acids is 1. The number of carbonyl (C=O) groups is 8. The number of nitrogens with zero attached hydrogens (tertiary/aromatic N) is 1. The summed E-state index contributed by atoms with van der Waals surface area (Å²) in [7, 11) is 0. The van der Waals surface area contributed by atoms with Gasteiger partial charge < -0.3 is 41.7 Å². The minimum absolute atomic E-state index is 0.131. The van der Waals surface area contributed by atoms with E-state index in [9.17, 15) is 56.6 Å². The zero-order valence-electron chi connectivity index (χ0n) is 33.4. The lowest BCUT2D eigenvalue weighted by atomic mass is 9.83. The summed E-state index contributed by atoms with van der Waals surface area (Å²) < 4.78 is 64.1. The maximum absolute atomic E-state index is 15.0. The van der Waals surface area contributed by atoms with Crippen LogP contribution in [0.25, 0.3) is 0 Å². The van der Waals surface area contributed by atoms with E-state index in [2.05, 4.69) is 21.3 Å². The molecule has 60 heavy (non-hydrogen) atoms. The Hall–Kier alpha value is -5.92. The Kier molecular flexibility index (Phi) is 15.5. The fraction of sp³-hybridized carbons (Fsp3) is 0.500. The number of likely N-dealkylation sites (tertiary alicyclic amines) is 1. The molecule has 1 aliphatic heterocycles. The van der Waals surface area contributed by atoms with E-state index in [4.69, 9.17) is 10.5 Å². The van der Waals surface area contributed by atoms with E-state index in [1.54, 1.807) is 51.1 Å². The van der Waals surface area contributed by atoms with Gasteiger partial charge in [0.1, 0.15) is 23.7 Å². The van der Waals surface area contributed by atoms with Gasteiger partial charge in [-0.05, 0) is 51.5 Å². The summed E-state index contributed by atoms with van der Waals surface area (Å²) in [5.74, 6) is -20.2. The molecular weight excluding hydrogens is 800 g/mol. The molecule has 326 valence electrons. The third-order valence-electron chi connectivity index (χ3n) is 10.1. The highest BCUT2D eigenvalue weighted by Gasteiger charge is 2.46. The third kappa shape index (κ3) is 11.2. The molecule has 2 fully saturated rings. The quantitative estimate of drug-likeness (QED) is 0.0624. The molecule has 0 radical (unpaired) electrons. The summed E-state index contributed by atoms with van der Waals surface area (Å²) in [6.45, 7) is 5.63. The summed E-state index contributed by atoms with van der Waals surface area (Å²) >= 11 is 0. The fourth-order valence-corrected chi connectivity index (χ4v) is 7.36. The molecule has 7 N–H and O–H groups in total. The summed E-state index contributed by atoms with van der Waals surface area (Å²) in [5, 5.41) is 18.7. The number of amides is 6. The van der Waals surface area contributed by atoms with Gasteiger partial charge in [-0.15, -0.1) is 0 Å². The largest absolute Gasteiger partial charge is 0.478 e. The summed E-state index contributed by atoms with van der Waals surface area (Å²) in [4.78, 5) is 106. The van der Waals surface area contributed by atoms with Crippen LogP contribution in [0.4, 0.5) is 17.6 Å². The molecule has 5 atom stereocenters. The van der Waals surface area contributed by atoms with Crippen molar-refractivity contribution in [1.29, 1.82) is 0 Å². The van der Waals surface area contributed by atoms with Crippen LogP contribution >= 0.6 is 0 Å². The molecule has 16 nitrogen and oxygen atoms in total. The van der Waals surface area contributed by atoms with Gasteiger partial charge in [0.2, 0.25) is 29.4 Å². The number of Topliss-reactive ketones (excluding diaryl/α,β-unsaturated/α-hetero) is 1. The fourth-order valence-electron chi connectivity index (χ4n) is 7.36. The lowest BCUT2D eigenvalue weighted by Gasteiger charge is -2.35. The van der Waals surface area contributed by atoms with Crippen LogP contribution in [-0.2, 0) is 33.5 Å². The van der Waals surface area contributed by atoms with Crippen molar-refractivity contribution in [2.24, 2.45) is 11.7 Å². The summed E-state index contributed by atoms with van der Waals surface area (Å²) in [6.07, 6.45) is 1.45. The number of hydrogen-bond acceptors (Lipinski definition) is 9. The second kappa shape index (κ2) is 19.9. The predicted octanol–water partition coefficient (Wildman–Crippen LogP) is 2.33. The van der Waals surface area contributed by atoms with Crippen molar-refractivity contribution in [2.75, 3.05) is 13.1 Å². The van der Waals surface area contributed by atoms with Crippen LogP contribution in [-0.4, -0.2) is 100 Å². The van der Waals surface area contributed by atoms with Crippen LogP contribution in [0.5, 0.6) is 0 Å². The van der Waals surface area contributed by atoms with Crippen molar-refractivity contribution in [2.45, 2.75) is 109 Å². The molecule has 1 heterocycles. The molecule has 1 saturated carbocycles. The monoisotopic (exact) mass is 848 g/mol. The molecule has 0 spiro atoms. The first-order valence-electron chi connectivity index (χ1n) is 19.3. The molecule has 2 aromatic rings. The number of ether oxygens (including phenoxy) is 1. The predicted molar refractivity (Wildman–Crippen MR) is 203 cm³/mol. The second-order valence-electron chi connectivity index (χ2n) is 15.6. The van der Waals surface area contributed by atoms with Gasteiger partial charge in [-0.25, -0.2) is 22.4 Å². The molecule has 2 aromatic carbocycles. The van der Waals surface area contributed by atoms with Crippen LogP contribution in [0, 0.1) is 29.2 Å². The van der Waals surface area contributed by atoms with E-state index >= 15 is 4.39 Å². The van der Waals surface area contributed by atoms with Gasteiger partial charge in [0.05, 0.1) is 29.9 Å². The average Bonchev–Trinajstić information content (AvgIpc) is 3.62. The van der Waals surface area contributed by atoms with E-state index in [-0.39, 0.29) is 19.4 Å². The highest BCUT2D eigenvalue weighted by atomic mass is 19.2. The SMILES string of the molecule is CCC(NC(=O)C1CC(OC(C)(C)C)CN1C(=O)C(NC(=O)c1c(F)c(F)c(F)c(F)c1C(=O)O)C1CCCCC1)C(=O)C(=O)NCC(=O)NC(C(N)=O)c1ccccc1. The number of carboxylic acid groups (broad SMARTS) is 1. The van der Waals surface area contributed by atoms with E-state index in [1.807, 2.05) is 0 Å². The third-order valence-corrected chi connectivity index (χ3v) is 10.1. The number of primary amides is 1. The number of nitrogens with two attached hydrogens (primary N) is 1. The molecule has 0 aromatic heterocycles. The summed E-state index contributed by atoms with van der Waals surface area (Å²) in [5.41, 5.74) is 1.52.